The Morgan fingerprint density at radius 3 is 2.59 bits per heavy atom. The van der Waals surface area contributed by atoms with Gasteiger partial charge in [-0.25, -0.2) is 9.37 Å². The number of anilines is 2. The third-order valence-electron chi connectivity index (χ3n) is 12.8. The molecule has 0 aliphatic carbocycles. The highest BCUT2D eigenvalue weighted by Gasteiger charge is 2.40. The summed E-state index contributed by atoms with van der Waals surface area (Å²) in [4.78, 5) is 60.6. The number of hydrogen-bond acceptors (Lipinski definition) is 10. The van der Waals surface area contributed by atoms with Crippen molar-refractivity contribution in [2.45, 2.75) is 89.3 Å². The molecule has 17 heteroatoms. The molecule has 2 aromatic heterocycles. The Balaban J connectivity index is 0.678. The molecule has 0 radical (unpaired) electrons. The molecule has 4 aromatic rings. The van der Waals surface area contributed by atoms with Gasteiger partial charge in [0, 0.05) is 110 Å². The number of halogens is 3. The summed E-state index contributed by atoms with van der Waals surface area (Å²) in [7, 11) is 0. The minimum absolute atomic E-state index is 0.0176. The second kappa shape index (κ2) is 20.1. The van der Waals surface area contributed by atoms with Gasteiger partial charge in [-0.05, 0) is 74.5 Å². The van der Waals surface area contributed by atoms with Crippen molar-refractivity contribution < 1.29 is 28.3 Å². The number of nitrogen functional groups attached to an aromatic ring is 1. The molecule has 4 N–H and O–H groups in total. The lowest BCUT2D eigenvalue weighted by atomic mass is 9.98. The number of amides is 4. The number of piperidine rings is 2. The van der Waals surface area contributed by atoms with Crippen molar-refractivity contribution in [3.63, 3.8) is 0 Å². The van der Waals surface area contributed by atoms with Gasteiger partial charge in [0.1, 0.15) is 11.9 Å². The molecule has 8 rings (SSSR count). The number of rotatable bonds is 18. The fraction of sp³-hybridized carbons (Fsp3) is 0.478. The Labute approximate surface area is 376 Å². The normalized spacial score (nSPS) is 18.4. The Hall–Kier alpha value is -5.25. The molecule has 14 nitrogen and oxygen atoms in total. The van der Waals surface area contributed by atoms with E-state index in [1.54, 1.807) is 17.3 Å². The van der Waals surface area contributed by atoms with E-state index < -0.39 is 17.8 Å². The van der Waals surface area contributed by atoms with Crippen molar-refractivity contribution >= 4 is 58.3 Å². The third kappa shape index (κ3) is 10.4. The van der Waals surface area contributed by atoms with Crippen LogP contribution in [-0.4, -0.2) is 105 Å². The average Bonchev–Trinajstić information content (AvgIpc) is 3.89. The summed E-state index contributed by atoms with van der Waals surface area (Å²) in [5.74, 6) is 0.0359. The second-order valence-electron chi connectivity index (χ2n) is 17.1. The molecule has 63 heavy (non-hydrogen) atoms. The van der Waals surface area contributed by atoms with E-state index in [0.717, 1.165) is 93.5 Å². The smallest absolute Gasteiger partial charge is 0.255 e. The van der Waals surface area contributed by atoms with E-state index in [0.29, 0.717) is 66.7 Å². The van der Waals surface area contributed by atoms with Gasteiger partial charge in [0.2, 0.25) is 17.7 Å². The number of benzene rings is 2. The molecule has 3 fully saturated rings. The van der Waals surface area contributed by atoms with Gasteiger partial charge in [-0.3, -0.25) is 29.2 Å². The van der Waals surface area contributed by atoms with Crippen LogP contribution in [0.1, 0.15) is 91.7 Å². The van der Waals surface area contributed by atoms with Crippen molar-refractivity contribution in [3.05, 3.63) is 87.5 Å². The van der Waals surface area contributed by atoms with Crippen LogP contribution in [-0.2, 0) is 27.3 Å². The molecule has 4 aliphatic heterocycles. The van der Waals surface area contributed by atoms with Gasteiger partial charge in [0.25, 0.3) is 5.91 Å². The molecule has 4 amide bonds. The van der Waals surface area contributed by atoms with Gasteiger partial charge in [0.15, 0.2) is 11.6 Å². The number of carbonyl (C=O) groups excluding carboxylic acids is 4. The summed E-state index contributed by atoms with van der Waals surface area (Å²) in [6.45, 7) is 5.96. The zero-order valence-corrected chi connectivity index (χ0v) is 36.8. The summed E-state index contributed by atoms with van der Waals surface area (Å²) in [5, 5.41) is 10.9. The standard InChI is InChI=1S/C46H54Cl2FN9O5/c47-36-10-11-37(49)43(48)34(36)16-20-63-40-21-30(23-52-44(40)50)31-24-53-58(27-31)32-14-18-56(19-15-32)42(60)9-4-2-1-3-5-17-55-25-29(26-55)22-51-38-8-6-7-33-35(38)28-57(46(33)62)39-12-13-41(59)54-45(39)61/h6-8,10-11,21,23-24,27,29,32,39,51H,1-5,9,12-20,22,25-26,28H2,(H2,50,52)(H,54,59,61)/t39-/m0/s1. The minimum atomic E-state index is -0.616. The van der Waals surface area contributed by atoms with Crippen LogP contribution in [0, 0.1) is 11.7 Å². The molecule has 2 aromatic carbocycles. The van der Waals surface area contributed by atoms with E-state index in [9.17, 15) is 23.6 Å². The van der Waals surface area contributed by atoms with Crippen LogP contribution in [0.25, 0.3) is 11.1 Å². The van der Waals surface area contributed by atoms with Gasteiger partial charge in [-0.2, -0.15) is 5.10 Å². The van der Waals surface area contributed by atoms with E-state index in [1.165, 1.54) is 12.1 Å². The van der Waals surface area contributed by atoms with Crippen molar-refractivity contribution in [1.29, 1.82) is 0 Å². The number of aromatic nitrogens is 3. The van der Waals surface area contributed by atoms with Gasteiger partial charge < -0.3 is 30.5 Å². The van der Waals surface area contributed by atoms with Crippen LogP contribution in [0.15, 0.2) is 55.0 Å². The van der Waals surface area contributed by atoms with Gasteiger partial charge in [-0.15, -0.1) is 0 Å². The quantitative estimate of drug-likeness (QED) is 0.0543. The number of imide groups is 1. The van der Waals surface area contributed by atoms with Gasteiger partial charge in [-0.1, -0.05) is 48.5 Å². The zero-order valence-electron chi connectivity index (χ0n) is 35.3. The van der Waals surface area contributed by atoms with Gasteiger partial charge >= 0.3 is 0 Å². The van der Waals surface area contributed by atoms with Crippen LogP contribution < -0.4 is 21.1 Å². The number of nitrogens with zero attached hydrogens (tertiary/aromatic N) is 6. The average molecular weight is 903 g/mol. The molecular weight excluding hydrogens is 848 g/mol. The summed E-state index contributed by atoms with van der Waals surface area (Å²) in [5.41, 5.74) is 10.7. The first kappa shape index (κ1) is 44.4. The lowest BCUT2D eigenvalue weighted by Gasteiger charge is -2.39. The highest BCUT2D eigenvalue weighted by molar-refractivity contribution is 6.36. The van der Waals surface area contributed by atoms with Crippen molar-refractivity contribution in [3.8, 4) is 16.9 Å². The third-order valence-corrected chi connectivity index (χ3v) is 13.6. The van der Waals surface area contributed by atoms with E-state index in [-0.39, 0.29) is 47.6 Å². The second-order valence-corrected chi connectivity index (χ2v) is 17.9. The molecule has 1 atom stereocenters. The maximum atomic E-state index is 13.9. The van der Waals surface area contributed by atoms with E-state index in [4.69, 9.17) is 33.7 Å². The predicted octanol–water partition coefficient (Wildman–Crippen LogP) is 6.90. The van der Waals surface area contributed by atoms with E-state index in [1.807, 2.05) is 40.0 Å². The number of fused-ring (bicyclic) bond motifs is 1. The lowest BCUT2D eigenvalue weighted by Crippen LogP contribution is -2.52. The first-order valence-corrected chi connectivity index (χ1v) is 22.8. The Morgan fingerprint density at radius 1 is 0.984 bits per heavy atom. The monoisotopic (exact) mass is 901 g/mol. The summed E-state index contributed by atoms with van der Waals surface area (Å²) >= 11 is 12.3. The number of likely N-dealkylation sites (tertiary alicyclic amines) is 2. The molecule has 0 saturated carbocycles. The highest BCUT2D eigenvalue weighted by atomic mass is 35.5. The topological polar surface area (TPSA) is 168 Å². The number of nitrogens with two attached hydrogens (primary N) is 1. The number of pyridine rings is 1. The summed E-state index contributed by atoms with van der Waals surface area (Å²) in [6, 6.07) is 9.78. The zero-order chi connectivity index (χ0) is 44.0. The molecule has 0 spiro atoms. The predicted molar refractivity (Wildman–Crippen MR) is 239 cm³/mol. The Bertz CT molecular complexity index is 2330. The van der Waals surface area contributed by atoms with Crippen molar-refractivity contribution in [2.75, 3.05) is 56.9 Å². The Morgan fingerprint density at radius 2 is 1.78 bits per heavy atom. The first-order valence-electron chi connectivity index (χ1n) is 22.1. The van der Waals surface area contributed by atoms with Crippen LogP contribution in [0.4, 0.5) is 15.9 Å². The van der Waals surface area contributed by atoms with Crippen LogP contribution in [0.2, 0.25) is 10.0 Å². The molecule has 6 heterocycles. The van der Waals surface area contributed by atoms with Crippen LogP contribution >= 0.6 is 23.2 Å². The SMILES string of the molecule is Nc1ncc(-c2cnn(C3CCN(C(=O)CCCCCCCN4CC(CNc5cccc6c5CN([C@H]5CCC(=O)NC5=O)C6=O)C4)CC3)c2)cc1OCCc1c(Cl)ccc(F)c1Cl. The first-order chi connectivity index (χ1) is 30.5. The van der Waals surface area contributed by atoms with Gasteiger partial charge in [0.05, 0.1) is 23.9 Å². The summed E-state index contributed by atoms with van der Waals surface area (Å²) in [6.07, 6.45) is 14.0. The molecule has 334 valence electrons. The maximum Gasteiger partial charge on any atom is 0.255 e. The fourth-order valence-electron chi connectivity index (χ4n) is 9.15. The summed E-state index contributed by atoms with van der Waals surface area (Å²) < 4.78 is 21.8. The van der Waals surface area contributed by atoms with Crippen LogP contribution in [0.5, 0.6) is 5.75 Å². The highest BCUT2D eigenvalue weighted by Crippen LogP contribution is 2.34. The number of carbonyl (C=O) groups is 4. The molecule has 0 unspecified atom stereocenters. The number of hydrogen-bond donors (Lipinski definition) is 3. The largest absolute Gasteiger partial charge is 0.489 e. The van der Waals surface area contributed by atoms with E-state index in [2.05, 4.69) is 25.6 Å². The Kier molecular flexibility index (Phi) is 14.1. The lowest BCUT2D eigenvalue weighted by molar-refractivity contribution is -0.137. The molecule has 0 bridgehead atoms. The van der Waals surface area contributed by atoms with Crippen molar-refractivity contribution in [1.82, 2.24) is 34.8 Å². The van der Waals surface area contributed by atoms with Crippen molar-refractivity contribution in [2.24, 2.45) is 5.92 Å². The number of unbranched alkanes of at least 4 members (excludes halogenated alkanes) is 4. The fourth-order valence-corrected chi connectivity index (χ4v) is 9.71. The molecular formula is C46H54Cl2FN9O5. The maximum absolute atomic E-state index is 13.9. The van der Waals surface area contributed by atoms with Crippen LogP contribution in [0.3, 0.4) is 0 Å². The number of ether oxygens (including phenoxy) is 1. The molecule has 3 saturated heterocycles. The minimum Gasteiger partial charge on any atom is -0.489 e. The molecule has 4 aliphatic rings. The van der Waals surface area contributed by atoms with E-state index >= 15 is 0 Å². The number of nitrogens with one attached hydrogen (secondary N) is 2.